The van der Waals surface area contributed by atoms with Gasteiger partial charge in [-0.15, -0.1) is 0 Å². The van der Waals surface area contributed by atoms with Crippen molar-refractivity contribution in [1.82, 2.24) is 0 Å². The largest absolute Gasteiger partial charge is 0.502 e. The Morgan fingerprint density at radius 1 is 1.75 bits per heavy atom. The van der Waals surface area contributed by atoms with E-state index in [-0.39, 0.29) is 12.4 Å². The van der Waals surface area contributed by atoms with Crippen molar-refractivity contribution in [2.45, 2.75) is 6.92 Å². The first-order valence-corrected chi connectivity index (χ1v) is 2.27. The first-order valence-electron chi connectivity index (χ1n) is 2.27. The second kappa shape index (κ2) is 1.51. The van der Waals surface area contributed by atoms with E-state index in [0.29, 0.717) is 5.57 Å². The van der Waals surface area contributed by atoms with E-state index < -0.39 is 5.97 Å². The molecule has 0 unspecified atom stereocenters. The first kappa shape index (κ1) is 5.15. The van der Waals surface area contributed by atoms with Crippen LogP contribution in [0, 0.1) is 0 Å². The summed E-state index contributed by atoms with van der Waals surface area (Å²) in [5.41, 5.74) is 0.606. The van der Waals surface area contributed by atoms with Gasteiger partial charge in [-0.1, -0.05) is 0 Å². The molecule has 0 radical (unpaired) electrons. The van der Waals surface area contributed by atoms with E-state index in [1.807, 2.05) is 0 Å². The molecular weight excluding hydrogens is 108 g/mol. The van der Waals surface area contributed by atoms with Crippen molar-refractivity contribution in [3.8, 4) is 0 Å². The Kier molecular flexibility index (Phi) is 0.970. The molecule has 1 N–H and O–H groups in total. The van der Waals surface area contributed by atoms with Gasteiger partial charge in [0.1, 0.15) is 6.61 Å². The van der Waals surface area contributed by atoms with Gasteiger partial charge < -0.3 is 9.84 Å². The van der Waals surface area contributed by atoms with Crippen LogP contribution in [0.3, 0.4) is 0 Å². The van der Waals surface area contributed by atoms with Crippen LogP contribution in [0.1, 0.15) is 6.92 Å². The first-order chi connectivity index (χ1) is 3.72. The maximum absolute atomic E-state index is 10.3. The molecular formula is C5H6O3. The number of esters is 1. The minimum absolute atomic E-state index is 0.231. The Labute approximate surface area is 46.6 Å². The number of hydrogen-bond donors (Lipinski definition) is 1. The zero-order chi connectivity index (χ0) is 6.15. The SMILES string of the molecule is CC1=C(O)C(=O)OC1. The third-order valence-corrected chi connectivity index (χ3v) is 1.02. The lowest BCUT2D eigenvalue weighted by atomic mass is 10.3. The molecule has 0 aromatic carbocycles. The van der Waals surface area contributed by atoms with Crippen molar-refractivity contribution in [3.05, 3.63) is 11.3 Å². The van der Waals surface area contributed by atoms with E-state index >= 15 is 0 Å². The van der Waals surface area contributed by atoms with Crippen LogP contribution in [-0.4, -0.2) is 17.7 Å². The molecule has 3 heteroatoms. The average Bonchev–Trinajstić information content (AvgIpc) is 1.98. The van der Waals surface area contributed by atoms with Crippen LogP contribution in [0.5, 0.6) is 0 Å². The summed E-state index contributed by atoms with van der Waals surface area (Å²) in [5.74, 6) is -0.840. The number of carbonyl (C=O) groups is 1. The van der Waals surface area contributed by atoms with Crippen LogP contribution < -0.4 is 0 Å². The highest BCUT2D eigenvalue weighted by molar-refractivity contribution is 5.88. The molecule has 1 aliphatic rings. The van der Waals surface area contributed by atoms with Gasteiger partial charge in [0.05, 0.1) is 0 Å². The quantitative estimate of drug-likeness (QED) is 0.463. The van der Waals surface area contributed by atoms with Gasteiger partial charge >= 0.3 is 5.97 Å². The van der Waals surface area contributed by atoms with Crippen molar-refractivity contribution in [2.24, 2.45) is 0 Å². The Bertz CT molecular complexity index is 157. The molecule has 0 atom stereocenters. The highest BCUT2D eigenvalue weighted by Gasteiger charge is 2.19. The summed E-state index contributed by atoms with van der Waals surface area (Å²) in [4.78, 5) is 10.3. The van der Waals surface area contributed by atoms with Gasteiger partial charge in [-0.2, -0.15) is 0 Å². The molecule has 0 amide bonds. The molecule has 1 heterocycles. The monoisotopic (exact) mass is 114 g/mol. The number of aliphatic hydroxyl groups is 1. The number of rotatable bonds is 0. The number of hydrogen-bond acceptors (Lipinski definition) is 3. The number of carbonyl (C=O) groups excluding carboxylic acids is 1. The summed E-state index contributed by atoms with van der Waals surface area (Å²) in [6, 6.07) is 0. The van der Waals surface area contributed by atoms with Crippen LogP contribution in [-0.2, 0) is 9.53 Å². The summed E-state index contributed by atoms with van der Waals surface area (Å²) in [7, 11) is 0. The van der Waals surface area contributed by atoms with E-state index in [2.05, 4.69) is 4.74 Å². The van der Waals surface area contributed by atoms with Gasteiger partial charge in [0.25, 0.3) is 0 Å². The fourth-order valence-electron chi connectivity index (χ4n) is 0.485. The van der Waals surface area contributed by atoms with Crippen LogP contribution in [0.4, 0.5) is 0 Å². The van der Waals surface area contributed by atoms with E-state index in [9.17, 15) is 4.79 Å². The van der Waals surface area contributed by atoms with Crippen LogP contribution in [0.25, 0.3) is 0 Å². The Balaban J connectivity index is 2.86. The van der Waals surface area contributed by atoms with Crippen molar-refractivity contribution in [3.63, 3.8) is 0 Å². The third-order valence-electron chi connectivity index (χ3n) is 1.02. The van der Waals surface area contributed by atoms with Crippen molar-refractivity contribution >= 4 is 5.97 Å². The second-order valence-electron chi connectivity index (χ2n) is 1.71. The Morgan fingerprint density at radius 2 is 2.38 bits per heavy atom. The zero-order valence-electron chi connectivity index (χ0n) is 4.47. The van der Waals surface area contributed by atoms with Crippen LogP contribution in [0.2, 0.25) is 0 Å². The van der Waals surface area contributed by atoms with Gasteiger partial charge in [0, 0.05) is 5.57 Å². The number of ether oxygens (including phenoxy) is 1. The van der Waals surface area contributed by atoms with Gasteiger partial charge in [-0.3, -0.25) is 0 Å². The van der Waals surface area contributed by atoms with Gasteiger partial charge in [-0.25, -0.2) is 4.79 Å². The van der Waals surface area contributed by atoms with E-state index in [4.69, 9.17) is 5.11 Å². The molecule has 0 aliphatic carbocycles. The Morgan fingerprint density at radius 3 is 2.50 bits per heavy atom. The van der Waals surface area contributed by atoms with Crippen LogP contribution in [0.15, 0.2) is 11.3 Å². The van der Waals surface area contributed by atoms with Crippen molar-refractivity contribution < 1.29 is 14.6 Å². The molecule has 0 aromatic rings. The lowest BCUT2D eigenvalue weighted by molar-refractivity contribution is -0.138. The molecule has 0 saturated carbocycles. The predicted molar refractivity (Wildman–Crippen MR) is 26.3 cm³/mol. The zero-order valence-corrected chi connectivity index (χ0v) is 4.47. The predicted octanol–water partition coefficient (Wildman–Crippen LogP) is 0.375. The topological polar surface area (TPSA) is 46.5 Å². The molecule has 8 heavy (non-hydrogen) atoms. The van der Waals surface area contributed by atoms with Crippen LogP contribution >= 0.6 is 0 Å². The molecule has 3 nitrogen and oxygen atoms in total. The molecule has 1 aliphatic heterocycles. The highest BCUT2D eigenvalue weighted by Crippen LogP contribution is 2.10. The fourth-order valence-corrected chi connectivity index (χ4v) is 0.485. The third kappa shape index (κ3) is 0.559. The molecule has 0 saturated heterocycles. The van der Waals surface area contributed by atoms with Gasteiger partial charge in [0.15, 0.2) is 0 Å². The second-order valence-corrected chi connectivity index (χ2v) is 1.71. The van der Waals surface area contributed by atoms with E-state index in [1.165, 1.54) is 0 Å². The lowest BCUT2D eigenvalue weighted by Crippen LogP contribution is -1.96. The van der Waals surface area contributed by atoms with E-state index in [0.717, 1.165) is 0 Å². The minimum atomic E-state index is -0.609. The Hall–Kier alpha value is -0.990. The molecule has 0 bridgehead atoms. The molecule has 0 aromatic heterocycles. The lowest BCUT2D eigenvalue weighted by Gasteiger charge is -1.85. The van der Waals surface area contributed by atoms with Crippen molar-refractivity contribution in [1.29, 1.82) is 0 Å². The smallest absolute Gasteiger partial charge is 0.373 e. The average molecular weight is 114 g/mol. The summed E-state index contributed by atoms with van der Waals surface area (Å²) < 4.78 is 4.41. The van der Waals surface area contributed by atoms with E-state index in [1.54, 1.807) is 6.92 Å². The van der Waals surface area contributed by atoms with Gasteiger partial charge in [0.2, 0.25) is 5.76 Å². The summed E-state index contributed by atoms with van der Waals surface area (Å²) in [6.45, 7) is 1.89. The summed E-state index contributed by atoms with van der Waals surface area (Å²) in [6.07, 6.45) is 0. The maximum Gasteiger partial charge on any atom is 0.373 e. The fraction of sp³-hybridized carbons (Fsp3) is 0.400. The normalized spacial score (nSPS) is 19.4. The molecule has 0 fully saturated rings. The maximum atomic E-state index is 10.3. The molecule has 0 spiro atoms. The summed E-state index contributed by atoms with van der Waals surface area (Å²) >= 11 is 0. The van der Waals surface area contributed by atoms with Gasteiger partial charge in [-0.05, 0) is 6.92 Å². The number of aliphatic hydroxyl groups excluding tert-OH is 1. The minimum Gasteiger partial charge on any atom is -0.502 e. The van der Waals surface area contributed by atoms with Crippen molar-refractivity contribution in [2.75, 3.05) is 6.61 Å². The standard InChI is InChI=1S/C5H6O3/c1-3-2-8-5(7)4(3)6/h6H,2H2,1H3. The summed E-state index contributed by atoms with van der Waals surface area (Å²) in [5, 5.41) is 8.67. The number of cyclic esters (lactones) is 1. The molecule has 1 rings (SSSR count). The highest BCUT2D eigenvalue weighted by atomic mass is 16.6. The molecule has 44 valence electrons.